The summed E-state index contributed by atoms with van der Waals surface area (Å²) in [6, 6.07) is 13.4. The van der Waals surface area contributed by atoms with E-state index in [-0.39, 0.29) is 30.2 Å². The van der Waals surface area contributed by atoms with Crippen LogP contribution in [0.1, 0.15) is 54.9 Å². The first-order valence-corrected chi connectivity index (χ1v) is 9.81. The lowest BCUT2D eigenvalue weighted by atomic mass is 9.93. The molecule has 0 spiro atoms. The summed E-state index contributed by atoms with van der Waals surface area (Å²) >= 11 is 0. The van der Waals surface area contributed by atoms with Gasteiger partial charge in [-0.1, -0.05) is 43.5 Å². The Hall–Kier alpha value is -2.69. The van der Waals surface area contributed by atoms with Crippen molar-refractivity contribution < 1.29 is 18.7 Å². The van der Waals surface area contributed by atoms with E-state index in [1.165, 1.54) is 25.5 Å². The Morgan fingerprint density at radius 3 is 2.39 bits per heavy atom. The van der Waals surface area contributed by atoms with Gasteiger partial charge >= 0.3 is 0 Å². The summed E-state index contributed by atoms with van der Waals surface area (Å²) in [6.07, 6.45) is 5.34. The normalized spacial score (nSPS) is 14.5. The minimum Gasteiger partial charge on any atom is -0.483 e. The molecule has 0 aliphatic heterocycles. The standard InChI is InChI=1S/C23H26FNO3/c1-17(26)21-9-5-6-10-22(21)28-16-23(27)25(20-7-3-2-4-8-20)15-18-11-13-19(24)14-12-18/h5-6,9-14,20H,2-4,7-8,15-16H2,1H3. The highest BCUT2D eigenvalue weighted by atomic mass is 19.1. The number of Topliss-reactive ketones (excluding diaryl/α,β-unsaturated/α-hetero) is 1. The highest BCUT2D eigenvalue weighted by Crippen LogP contribution is 2.25. The van der Waals surface area contributed by atoms with Crippen molar-refractivity contribution >= 4 is 11.7 Å². The summed E-state index contributed by atoms with van der Waals surface area (Å²) in [7, 11) is 0. The molecule has 0 saturated heterocycles. The van der Waals surface area contributed by atoms with E-state index in [1.54, 1.807) is 36.4 Å². The second-order valence-electron chi connectivity index (χ2n) is 7.28. The molecule has 148 valence electrons. The van der Waals surface area contributed by atoms with Crippen LogP contribution < -0.4 is 4.74 Å². The Kier molecular flexibility index (Phi) is 6.80. The van der Waals surface area contributed by atoms with Crippen LogP contribution in [0.25, 0.3) is 0 Å². The number of carbonyl (C=O) groups is 2. The molecular formula is C23H26FNO3. The maximum Gasteiger partial charge on any atom is 0.261 e. The number of halogens is 1. The molecule has 1 amide bonds. The monoisotopic (exact) mass is 383 g/mol. The molecule has 0 bridgehead atoms. The molecule has 2 aromatic carbocycles. The zero-order valence-electron chi connectivity index (χ0n) is 16.2. The number of ketones is 1. The molecule has 4 nitrogen and oxygen atoms in total. The number of benzene rings is 2. The van der Waals surface area contributed by atoms with Crippen molar-refractivity contribution in [2.24, 2.45) is 0 Å². The van der Waals surface area contributed by atoms with Crippen LogP contribution in [-0.4, -0.2) is 29.2 Å². The van der Waals surface area contributed by atoms with Crippen molar-refractivity contribution in [3.8, 4) is 5.75 Å². The van der Waals surface area contributed by atoms with Gasteiger partial charge in [0.15, 0.2) is 12.4 Å². The zero-order chi connectivity index (χ0) is 19.9. The molecule has 0 unspecified atom stereocenters. The molecule has 1 fully saturated rings. The van der Waals surface area contributed by atoms with Gasteiger partial charge in [-0.2, -0.15) is 0 Å². The number of nitrogens with zero attached hydrogens (tertiary/aromatic N) is 1. The van der Waals surface area contributed by atoms with E-state index in [0.717, 1.165) is 31.2 Å². The highest BCUT2D eigenvalue weighted by molar-refractivity contribution is 5.96. The molecule has 0 atom stereocenters. The van der Waals surface area contributed by atoms with Gasteiger partial charge in [0, 0.05) is 12.6 Å². The maximum atomic E-state index is 13.2. The van der Waals surface area contributed by atoms with Gasteiger partial charge in [0.1, 0.15) is 11.6 Å². The van der Waals surface area contributed by atoms with Crippen LogP contribution in [-0.2, 0) is 11.3 Å². The minimum absolute atomic E-state index is 0.0986. The summed E-state index contributed by atoms with van der Waals surface area (Å²) in [5, 5.41) is 0. The summed E-state index contributed by atoms with van der Waals surface area (Å²) in [4.78, 5) is 26.6. The Labute approximate surface area is 165 Å². The van der Waals surface area contributed by atoms with Gasteiger partial charge in [0.25, 0.3) is 5.91 Å². The van der Waals surface area contributed by atoms with Gasteiger partial charge in [-0.05, 0) is 49.6 Å². The van der Waals surface area contributed by atoms with Gasteiger partial charge in [-0.3, -0.25) is 9.59 Å². The first kappa shape index (κ1) is 20.1. The molecule has 1 aliphatic carbocycles. The second kappa shape index (κ2) is 9.49. The number of rotatable bonds is 7. The molecule has 1 saturated carbocycles. The first-order chi connectivity index (χ1) is 13.5. The topological polar surface area (TPSA) is 46.6 Å². The molecule has 3 rings (SSSR count). The average Bonchev–Trinajstić information content (AvgIpc) is 2.72. The van der Waals surface area contributed by atoms with E-state index >= 15 is 0 Å². The molecule has 5 heteroatoms. The molecule has 0 heterocycles. The Morgan fingerprint density at radius 2 is 1.71 bits per heavy atom. The summed E-state index contributed by atoms with van der Waals surface area (Å²) < 4.78 is 18.9. The third-order valence-corrected chi connectivity index (χ3v) is 5.22. The minimum atomic E-state index is -0.288. The van der Waals surface area contributed by atoms with Crippen molar-refractivity contribution in [2.75, 3.05) is 6.61 Å². The van der Waals surface area contributed by atoms with Crippen molar-refractivity contribution in [3.05, 3.63) is 65.5 Å². The SMILES string of the molecule is CC(=O)c1ccccc1OCC(=O)N(Cc1ccc(F)cc1)C1CCCCC1. The lowest BCUT2D eigenvalue weighted by Crippen LogP contribution is -2.43. The van der Waals surface area contributed by atoms with E-state index in [9.17, 15) is 14.0 Å². The predicted molar refractivity (Wildman–Crippen MR) is 106 cm³/mol. The van der Waals surface area contributed by atoms with Crippen LogP contribution in [0, 0.1) is 5.82 Å². The number of para-hydroxylation sites is 1. The van der Waals surface area contributed by atoms with E-state index in [2.05, 4.69) is 0 Å². The van der Waals surface area contributed by atoms with Crippen LogP contribution >= 0.6 is 0 Å². The number of ether oxygens (including phenoxy) is 1. The van der Waals surface area contributed by atoms with Gasteiger partial charge < -0.3 is 9.64 Å². The fourth-order valence-electron chi connectivity index (χ4n) is 3.71. The largest absolute Gasteiger partial charge is 0.483 e. The van der Waals surface area contributed by atoms with E-state index in [4.69, 9.17) is 4.74 Å². The summed E-state index contributed by atoms with van der Waals surface area (Å²) in [5.74, 6) is -0.0785. The Morgan fingerprint density at radius 1 is 1.04 bits per heavy atom. The van der Waals surface area contributed by atoms with Crippen molar-refractivity contribution in [1.82, 2.24) is 4.90 Å². The van der Waals surface area contributed by atoms with Gasteiger partial charge in [0.2, 0.25) is 0 Å². The summed E-state index contributed by atoms with van der Waals surface area (Å²) in [5.41, 5.74) is 1.36. The molecular weight excluding hydrogens is 357 g/mol. The third-order valence-electron chi connectivity index (χ3n) is 5.22. The number of carbonyl (C=O) groups excluding carboxylic acids is 2. The molecule has 1 aliphatic rings. The quantitative estimate of drug-likeness (QED) is 0.647. The average molecular weight is 383 g/mol. The zero-order valence-corrected chi connectivity index (χ0v) is 16.2. The smallest absolute Gasteiger partial charge is 0.261 e. The van der Waals surface area contributed by atoms with E-state index < -0.39 is 0 Å². The maximum absolute atomic E-state index is 13.2. The Balaban J connectivity index is 1.72. The van der Waals surface area contributed by atoms with Gasteiger partial charge in [-0.25, -0.2) is 4.39 Å². The first-order valence-electron chi connectivity index (χ1n) is 9.81. The second-order valence-corrected chi connectivity index (χ2v) is 7.28. The third kappa shape index (κ3) is 5.18. The van der Waals surface area contributed by atoms with Crippen LogP contribution in [0.3, 0.4) is 0 Å². The molecule has 0 aromatic heterocycles. The lowest BCUT2D eigenvalue weighted by Gasteiger charge is -2.34. The van der Waals surface area contributed by atoms with Crippen molar-refractivity contribution in [3.63, 3.8) is 0 Å². The number of hydrogen-bond donors (Lipinski definition) is 0. The molecule has 2 aromatic rings. The van der Waals surface area contributed by atoms with Gasteiger partial charge in [0.05, 0.1) is 5.56 Å². The summed E-state index contributed by atoms with van der Waals surface area (Å²) in [6.45, 7) is 1.79. The predicted octanol–water partition coefficient (Wildman–Crippen LogP) is 4.77. The van der Waals surface area contributed by atoms with Crippen LogP contribution in [0.2, 0.25) is 0 Å². The van der Waals surface area contributed by atoms with E-state index in [0.29, 0.717) is 17.9 Å². The highest BCUT2D eigenvalue weighted by Gasteiger charge is 2.26. The fraction of sp³-hybridized carbons (Fsp3) is 0.391. The fourth-order valence-corrected chi connectivity index (χ4v) is 3.71. The van der Waals surface area contributed by atoms with Crippen molar-refractivity contribution in [2.45, 2.75) is 51.6 Å². The Bertz CT molecular complexity index is 813. The lowest BCUT2D eigenvalue weighted by molar-refractivity contribution is -0.137. The molecule has 0 radical (unpaired) electrons. The number of hydrogen-bond acceptors (Lipinski definition) is 3. The van der Waals surface area contributed by atoms with Crippen LogP contribution in [0.4, 0.5) is 4.39 Å². The number of amides is 1. The van der Waals surface area contributed by atoms with E-state index in [1.807, 2.05) is 4.90 Å². The van der Waals surface area contributed by atoms with Crippen LogP contribution in [0.5, 0.6) is 5.75 Å². The van der Waals surface area contributed by atoms with Crippen LogP contribution in [0.15, 0.2) is 48.5 Å². The van der Waals surface area contributed by atoms with Gasteiger partial charge in [-0.15, -0.1) is 0 Å². The van der Waals surface area contributed by atoms with Crippen molar-refractivity contribution in [1.29, 1.82) is 0 Å². The molecule has 28 heavy (non-hydrogen) atoms. The molecule has 0 N–H and O–H groups in total.